The summed E-state index contributed by atoms with van der Waals surface area (Å²) in [6, 6.07) is 1.37. The van der Waals surface area contributed by atoms with Crippen LogP contribution in [0, 0.1) is 5.82 Å². The fraction of sp³-hybridized carbons (Fsp3) is 0.385. The minimum Gasteiger partial charge on any atom is -0.301 e. The van der Waals surface area contributed by atoms with Crippen LogP contribution in [0.25, 0.3) is 0 Å². The van der Waals surface area contributed by atoms with Crippen molar-refractivity contribution in [2.75, 3.05) is 7.05 Å². The first-order valence-electron chi connectivity index (χ1n) is 6.09. The molecule has 0 aliphatic carbocycles. The molecule has 0 radical (unpaired) electrons. The number of rotatable bonds is 3. The first-order chi connectivity index (χ1) is 9.68. The van der Waals surface area contributed by atoms with E-state index in [0.717, 1.165) is 17.0 Å². The van der Waals surface area contributed by atoms with Crippen LogP contribution in [0.5, 0.6) is 0 Å². The molecule has 1 aromatic carbocycles. The number of amides is 2. The molecule has 2 amide bonds. The Bertz CT molecular complexity index is 586. The predicted molar refractivity (Wildman–Crippen MR) is 64.4 cm³/mol. The lowest BCUT2D eigenvalue weighted by Crippen LogP contribution is -2.36. The van der Waals surface area contributed by atoms with Crippen LogP contribution in [0.3, 0.4) is 0 Å². The number of imide groups is 1. The Morgan fingerprint density at radius 1 is 1.29 bits per heavy atom. The van der Waals surface area contributed by atoms with E-state index in [1.54, 1.807) is 0 Å². The predicted octanol–water partition coefficient (Wildman–Crippen LogP) is 1.69. The Hall–Kier alpha value is -1.96. The van der Waals surface area contributed by atoms with Gasteiger partial charge < -0.3 is 5.32 Å². The fourth-order valence-electron chi connectivity index (χ4n) is 2.07. The first kappa shape index (κ1) is 15.4. The third-order valence-corrected chi connectivity index (χ3v) is 3.22. The van der Waals surface area contributed by atoms with Crippen LogP contribution in [0.2, 0.25) is 0 Å². The molecule has 1 saturated heterocycles. The molecule has 1 aliphatic heterocycles. The number of benzene rings is 1. The van der Waals surface area contributed by atoms with E-state index in [4.69, 9.17) is 0 Å². The number of halogens is 4. The van der Waals surface area contributed by atoms with Gasteiger partial charge in [-0.25, -0.2) is 4.39 Å². The van der Waals surface area contributed by atoms with E-state index in [1.807, 2.05) is 0 Å². The van der Waals surface area contributed by atoms with Crippen LogP contribution in [0.1, 0.15) is 17.5 Å². The third kappa shape index (κ3) is 3.38. The van der Waals surface area contributed by atoms with Gasteiger partial charge in [-0.3, -0.25) is 14.5 Å². The lowest BCUT2D eigenvalue weighted by molar-refractivity contribution is -0.138. The zero-order valence-electron chi connectivity index (χ0n) is 11.0. The summed E-state index contributed by atoms with van der Waals surface area (Å²) in [7, 11) is 1.33. The van der Waals surface area contributed by atoms with Gasteiger partial charge in [-0.05, 0) is 23.8 Å². The normalized spacial score (nSPS) is 19.5. The van der Waals surface area contributed by atoms with Crippen molar-refractivity contribution in [3.8, 4) is 0 Å². The minimum absolute atomic E-state index is 0.0529. The number of nitrogens with zero attached hydrogens (tertiary/aromatic N) is 1. The lowest BCUT2D eigenvalue weighted by Gasteiger charge is -2.13. The largest absolute Gasteiger partial charge is 0.416 e. The van der Waals surface area contributed by atoms with E-state index < -0.39 is 29.5 Å². The van der Waals surface area contributed by atoms with Gasteiger partial charge in [0, 0.05) is 13.6 Å². The van der Waals surface area contributed by atoms with Crippen LogP contribution in [0.4, 0.5) is 17.6 Å². The summed E-state index contributed by atoms with van der Waals surface area (Å²) in [6.07, 6.45) is -4.70. The smallest absolute Gasteiger partial charge is 0.301 e. The highest BCUT2D eigenvalue weighted by Gasteiger charge is 2.36. The molecular weight excluding hydrogens is 292 g/mol. The molecular formula is C13H12F4N2O2. The van der Waals surface area contributed by atoms with Crippen LogP contribution in [-0.2, 0) is 22.3 Å². The molecule has 21 heavy (non-hydrogen) atoms. The molecule has 0 spiro atoms. The van der Waals surface area contributed by atoms with E-state index in [-0.39, 0.29) is 24.4 Å². The number of hydrogen-bond donors (Lipinski definition) is 1. The Morgan fingerprint density at radius 2 is 1.95 bits per heavy atom. The van der Waals surface area contributed by atoms with Crippen LogP contribution >= 0.6 is 0 Å². The number of alkyl halides is 3. The molecule has 0 saturated carbocycles. The highest BCUT2D eigenvalue weighted by Crippen LogP contribution is 2.30. The highest BCUT2D eigenvalue weighted by molar-refractivity contribution is 6.05. The summed E-state index contributed by atoms with van der Waals surface area (Å²) in [5, 5.41) is 2.67. The van der Waals surface area contributed by atoms with E-state index >= 15 is 0 Å². The Labute approximate surface area is 117 Å². The number of likely N-dealkylation sites (tertiary alicyclic amines) is 1. The average Bonchev–Trinajstić information content (AvgIpc) is 2.62. The van der Waals surface area contributed by atoms with Crippen molar-refractivity contribution in [2.45, 2.75) is 25.2 Å². The van der Waals surface area contributed by atoms with Crippen molar-refractivity contribution in [2.24, 2.45) is 0 Å². The Kier molecular flexibility index (Phi) is 3.99. The molecule has 0 bridgehead atoms. The molecule has 1 unspecified atom stereocenters. The summed E-state index contributed by atoms with van der Waals surface area (Å²) >= 11 is 0. The van der Waals surface area contributed by atoms with Gasteiger partial charge in [0.15, 0.2) is 0 Å². The van der Waals surface area contributed by atoms with Gasteiger partial charge in [-0.15, -0.1) is 0 Å². The van der Waals surface area contributed by atoms with Gasteiger partial charge in [0.2, 0.25) is 11.8 Å². The van der Waals surface area contributed by atoms with Crippen molar-refractivity contribution in [1.29, 1.82) is 0 Å². The number of carbonyl (C=O) groups excluding carboxylic acids is 2. The summed E-state index contributed by atoms with van der Waals surface area (Å²) in [6.45, 7) is -0.141. The summed E-state index contributed by atoms with van der Waals surface area (Å²) in [5.74, 6) is -1.83. The minimum atomic E-state index is -4.64. The van der Waals surface area contributed by atoms with E-state index in [1.165, 1.54) is 7.05 Å². The average molecular weight is 304 g/mol. The highest BCUT2D eigenvalue weighted by atomic mass is 19.4. The number of likely N-dealkylation sites (N-methyl/N-ethyl adjacent to an activating group) is 1. The molecule has 1 atom stereocenters. The van der Waals surface area contributed by atoms with Crippen LogP contribution in [0.15, 0.2) is 18.2 Å². The van der Waals surface area contributed by atoms with E-state index in [2.05, 4.69) is 5.32 Å². The molecule has 0 aromatic heterocycles. The van der Waals surface area contributed by atoms with Gasteiger partial charge in [-0.2, -0.15) is 13.2 Å². The van der Waals surface area contributed by atoms with E-state index in [0.29, 0.717) is 6.07 Å². The third-order valence-electron chi connectivity index (χ3n) is 3.22. The van der Waals surface area contributed by atoms with Gasteiger partial charge >= 0.3 is 6.18 Å². The van der Waals surface area contributed by atoms with Crippen LogP contribution in [-0.4, -0.2) is 29.8 Å². The quantitative estimate of drug-likeness (QED) is 0.683. The maximum atomic E-state index is 13.2. The Morgan fingerprint density at radius 3 is 2.48 bits per heavy atom. The zero-order valence-corrected chi connectivity index (χ0v) is 11.0. The monoisotopic (exact) mass is 304 g/mol. The summed E-state index contributed by atoms with van der Waals surface area (Å²) < 4.78 is 50.9. The van der Waals surface area contributed by atoms with Gasteiger partial charge in [0.05, 0.1) is 18.0 Å². The molecule has 1 aromatic rings. The van der Waals surface area contributed by atoms with Gasteiger partial charge in [-0.1, -0.05) is 0 Å². The first-order valence-corrected chi connectivity index (χ1v) is 6.09. The van der Waals surface area contributed by atoms with Crippen molar-refractivity contribution < 1.29 is 27.2 Å². The topological polar surface area (TPSA) is 49.4 Å². The number of nitrogens with one attached hydrogen (secondary N) is 1. The van der Waals surface area contributed by atoms with Crippen molar-refractivity contribution in [3.63, 3.8) is 0 Å². The standard InChI is InChI=1S/C13H12F4N2O2/c1-19-11(20)5-10(12(19)21)18-6-7-2-8(13(15,16)17)4-9(14)3-7/h2-4,10,18H,5-6H2,1H3. The molecule has 1 aliphatic rings. The van der Waals surface area contributed by atoms with Gasteiger partial charge in [0.25, 0.3) is 0 Å². The molecule has 114 valence electrons. The van der Waals surface area contributed by atoms with Gasteiger partial charge in [0.1, 0.15) is 5.82 Å². The maximum Gasteiger partial charge on any atom is 0.416 e. The SMILES string of the molecule is CN1C(=O)CC(NCc2cc(F)cc(C(F)(F)F)c2)C1=O. The second-order valence-corrected chi connectivity index (χ2v) is 4.77. The molecule has 8 heteroatoms. The fourth-order valence-corrected chi connectivity index (χ4v) is 2.07. The maximum absolute atomic E-state index is 13.2. The molecule has 1 fully saturated rings. The zero-order chi connectivity index (χ0) is 15.8. The van der Waals surface area contributed by atoms with Crippen molar-refractivity contribution in [3.05, 3.63) is 35.1 Å². The summed E-state index contributed by atoms with van der Waals surface area (Å²) in [4.78, 5) is 23.9. The summed E-state index contributed by atoms with van der Waals surface area (Å²) in [5.41, 5.74) is -1.04. The number of hydrogen-bond acceptors (Lipinski definition) is 3. The molecule has 4 nitrogen and oxygen atoms in total. The van der Waals surface area contributed by atoms with Crippen molar-refractivity contribution >= 4 is 11.8 Å². The molecule has 1 N–H and O–H groups in total. The molecule has 1 heterocycles. The van der Waals surface area contributed by atoms with Crippen LogP contribution < -0.4 is 5.32 Å². The Balaban J connectivity index is 2.09. The lowest BCUT2D eigenvalue weighted by atomic mass is 10.1. The second-order valence-electron chi connectivity index (χ2n) is 4.77. The number of carbonyl (C=O) groups is 2. The molecule has 2 rings (SSSR count). The van der Waals surface area contributed by atoms with E-state index in [9.17, 15) is 27.2 Å². The van der Waals surface area contributed by atoms with Crippen molar-refractivity contribution in [1.82, 2.24) is 10.2 Å². The second kappa shape index (κ2) is 5.44.